The maximum Gasteiger partial charge on any atom is -0.0199 e. The topological polar surface area (TPSA) is 0 Å². The van der Waals surface area contributed by atoms with Gasteiger partial charge >= 0.3 is 0 Å². The summed E-state index contributed by atoms with van der Waals surface area (Å²) in [6, 6.07) is 0. The molecule has 2 saturated carbocycles. The van der Waals surface area contributed by atoms with Crippen LogP contribution >= 0.6 is 0 Å². The van der Waals surface area contributed by atoms with Crippen molar-refractivity contribution < 1.29 is 0 Å². The Morgan fingerprint density at radius 3 is 2.08 bits per heavy atom. The molecule has 2 fully saturated rings. The third kappa shape index (κ3) is 0.744. The van der Waals surface area contributed by atoms with Crippen LogP contribution in [0.4, 0.5) is 0 Å². The van der Waals surface area contributed by atoms with Crippen LogP contribution in [0, 0.1) is 28.6 Å². The predicted molar refractivity (Wildman–Crippen MR) is 52.9 cm³/mol. The molecule has 0 spiro atoms. The minimum absolute atomic E-state index is 0.733. The van der Waals surface area contributed by atoms with Crippen molar-refractivity contribution in [2.75, 3.05) is 0 Å². The zero-order valence-electron chi connectivity index (χ0n) is 9.15. The van der Waals surface area contributed by atoms with Gasteiger partial charge in [-0.05, 0) is 41.4 Å². The highest BCUT2D eigenvalue weighted by Crippen LogP contribution is 2.91. The van der Waals surface area contributed by atoms with Gasteiger partial charge in [0, 0.05) is 0 Å². The standard InChI is InChI=1S/C12H22/c1-8(2)6-12-7-10(12)11(12,5)9(3)4/h8-10H,6-7H2,1-5H3. The summed E-state index contributed by atoms with van der Waals surface area (Å²) >= 11 is 0. The molecule has 2 aliphatic rings. The molecule has 2 rings (SSSR count). The fourth-order valence-corrected chi connectivity index (χ4v) is 3.66. The van der Waals surface area contributed by atoms with Gasteiger partial charge in [0.25, 0.3) is 0 Å². The van der Waals surface area contributed by atoms with Gasteiger partial charge in [-0.15, -0.1) is 0 Å². The molecular formula is C12H22. The Morgan fingerprint density at radius 1 is 1.25 bits per heavy atom. The quantitative estimate of drug-likeness (QED) is 0.599. The minimum atomic E-state index is 0.733. The lowest BCUT2D eigenvalue weighted by atomic mass is 9.77. The largest absolute Gasteiger partial charge is 0.0628 e. The second kappa shape index (κ2) is 2.08. The zero-order chi connectivity index (χ0) is 9.15. The molecule has 3 atom stereocenters. The first-order valence-corrected chi connectivity index (χ1v) is 5.45. The lowest BCUT2D eigenvalue weighted by Gasteiger charge is -2.28. The molecule has 12 heavy (non-hydrogen) atoms. The van der Waals surface area contributed by atoms with Crippen LogP contribution in [-0.2, 0) is 0 Å². The Labute approximate surface area is 76.7 Å². The number of rotatable bonds is 3. The Bertz CT molecular complexity index is 204. The molecule has 3 unspecified atom stereocenters. The van der Waals surface area contributed by atoms with E-state index in [1.54, 1.807) is 6.42 Å². The molecule has 0 bridgehead atoms. The van der Waals surface area contributed by atoms with Crippen LogP contribution in [0.3, 0.4) is 0 Å². The van der Waals surface area contributed by atoms with E-state index in [2.05, 4.69) is 34.6 Å². The van der Waals surface area contributed by atoms with Crippen LogP contribution in [0.15, 0.2) is 0 Å². The van der Waals surface area contributed by atoms with Crippen molar-refractivity contribution >= 4 is 0 Å². The molecule has 0 saturated heterocycles. The van der Waals surface area contributed by atoms with Crippen molar-refractivity contribution in [2.24, 2.45) is 28.6 Å². The van der Waals surface area contributed by atoms with Gasteiger partial charge in [-0.3, -0.25) is 0 Å². The molecule has 0 heterocycles. The second-order valence-electron chi connectivity index (χ2n) is 5.95. The van der Waals surface area contributed by atoms with Gasteiger partial charge < -0.3 is 0 Å². The smallest absolute Gasteiger partial charge is 0.0199 e. The molecule has 70 valence electrons. The Kier molecular flexibility index (Phi) is 1.49. The number of fused-ring (bicyclic) bond motifs is 1. The van der Waals surface area contributed by atoms with E-state index >= 15 is 0 Å². The van der Waals surface area contributed by atoms with Crippen molar-refractivity contribution in [3.8, 4) is 0 Å². The lowest BCUT2D eigenvalue weighted by molar-refractivity contribution is 0.212. The van der Waals surface area contributed by atoms with E-state index in [4.69, 9.17) is 0 Å². The van der Waals surface area contributed by atoms with Gasteiger partial charge in [-0.25, -0.2) is 0 Å². The molecule has 0 amide bonds. The van der Waals surface area contributed by atoms with Gasteiger partial charge in [0.05, 0.1) is 0 Å². The van der Waals surface area contributed by atoms with E-state index < -0.39 is 0 Å². The molecular weight excluding hydrogens is 144 g/mol. The number of hydrogen-bond acceptors (Lipinski definition) is 0. The summed E-state index contributed by atoms with van der Waals surface area (Å²) in [6.07, 6.45) is 3.02. The first-order valence-electron chi connectivity index (χ1n) is 5.45. The summed E-state index contributed by atoms with van der Waals surface area (Å²) in [6.45, 7) is 12.0. The van der Waals surface area contributed by atoms with Crippen LogP contribution in [0.2, 0.25) is 0 Å². The van der Waals surface area contributed by atoms with E-state index in [0.29, 0.717) is 0 Å². The average Bonchev–Trinajstić information content (AvgIpc) is 2.72. The highest BCUT2D eigenvalue weighted by Gasteiger charge is 2.85. The first kappa shape index (κ1) is 8.59. The third-order valence-electron chi connectivity index (χ3n) is 4.76. The van der Waals surface area contributed by atoms with Gasteiger partial charge in [-0.1, -0.05) is 34.6 Å². The molecule has 0 nitrogen and oxygen atoms in total. The van der Waals surface area contributed by atoms with Crippen LogP contribution in [0.25, 0.3) is 0 Å². The fourth-order valence-electron chi connectivity index (χ4n) is 3.66. The summed E-state index contributed by atoms with van der Waals surface area (Å²) < 4.78 is 0. The molecule has 0 aromatic heterocycles. The summed E-state index contributed by atoms with van der Waals surface area (Å²) in [4.78, 5) is 0. The van der Waals surface area contributed by atoms with Crippen LogP contribution in [0.1, 0.15) is 47.5 Å². The van der Waals surface area contributed by atoms with Gasteiger partial charge in [0.2, 0.25) is 0 Å². The van der Waals surface area contributed by atoms with E-state index in [9.17, 15) is 0 Å². The average molecular weight is 166 g/mol. The van der Waals surface area contributed by atoms with Crippen LogP contribution < -0.4 is 0 Å². The monoisotopic (exact) mass is 166 g/mol. The predicted octanol–water partition coefficient (Wildman–Crippen LogP) is 3.71. The molecule has 0 radical (unpaired) electrons. The Balaban J connectivity index is 2.02. The molecule has 0 aromatic rings. The summed E-state index contributed by atoms with van der Waals surface area (Å²) in [5, 5.41) is 0. The third-order valence-corrected chi connectivity index (χ3v) is 4.76. The van der Waals surface area contributed by atoms with Crippen LogP contribution in [-0.4, -0.2) is 0 Å². The molecule has 0 N–H and O–H groups in total. The normalized spacial score (nSPS) is 49.8. The van der Waals surface area contributed by atoms with Gasteiger partial charge in [0.15, 0.2) is 0 Å². The SMILES string of the molecule is CC(C)CC12CC1C2(C)C(C)C. The van der Waals surface area contributed by atoms with Crippen molar-refractivity contribution in [1.82, 2.24) is 0 Å². The highest BCUT2D eigenvalue weighted by atomic mass is 14.9. The van der Waals surface area contributed by atoms with E-state index in [1.165, 1.54) is 6.42 Å². The summed E-state index contributed by atoms with van der Waals surface area (Å²) in [5.41, 5.74) is 1.55. The van der Waals surface area contributed by atoms with E-state index in [0.717, 1.165) is 28.6 Å². The zero-order valence-corrected chi connectivity index (χ0v) is 9.15. The maximum atomic E-state index is 2.51. The second-order valence-corrected chi connectivity index (χ2v) is 5.95. The van der Waals surface area contributed by atoms with Crippen LogP contribution in [0.5, 0.6) is 0 Å². The minimum Gasteiger partial charge on any atom is -0.0628 e. The van der Waals surface area contributed by atoms with E-state index in [1.807, 2.05) is 0 Å². The summed E-state index contributed by atoms with van der Waals surface area (Å²) in [5.74, 6) is 2.90. The van der Waals surface area contributed by atoms with Gasteiger partial charge in [0.1, 0.15) is 0 Å². The summed E-state index contributed by atoms with van der Waals surface area (Å²) in [7, 11) is 0. The van der Waals surface area contributed by atoms with E-state index in [-0.39, 0.29) is 0 Å². The first-order chi connectivity index (χ1) is 5.45. The number of hydrogen-bond donors (Lipinski definition) is 0. The van der Waals surface area contributed by atoms with Crippen molar-refractivity contribution in [2.45, 2.75) is 47.5 Å². The molecule has 0 aliphatic heterocycles. The fraction of sp³-hybridized carbons (Fsp3) is 1.00. The Morgan fingerprint density at radius 2 is 1.83 bits per heavy atom. The van der Waals surface area contributed by atoms with Crippen molar-refractivity contribution in [1.29, 1.82) is 0 Å². The lowest BCUT2D eigenvalue weighted by Crippen LogP contribution is -2.20. The molecule has 2 aliphatic carbocycles. The Hall–Kier alpha value is 0. The molecule has 0 heteroatoms. The molecule has 0 aromatic carbocycles. The van der Waals surface area contributed by atoms with Crippen molar-refractivity contribution in [3.63, 3.8) is 0 Å². The maximum absolute atomic E-state index is 2.51. The highest BCUT2D eigenvalue weighted by molar-refractivity contribution is 5.33. The van der Waals surface area contributed by atoms with Gasteiger partial charge in [-0.2, -0.15) is 0 Å². The van der Waals surface area contributed by atoms with Crippen molar-refractivity contribution in [3.05, 3.63) is 0 Å².